The van der Waals surface area contributed by atoms with Crippen LogP contribution in [0.4, 0.5) is 0 Å². The Bertz CT molecular complexity index is 517. The van der Waals surface area contributed by atoms with Gasteiger partial charge in [-0.15, -0.1) is 0 Å². The van der Waals surface area contributed by atoms with Crippen LogP contribution in [-0.2, 0) is 9.59 Å². The Morgan fingerprint density at radius 1 is 0.871 bits per heavy atom. The molecule has 1 atom stereocenters. The zero-order valence-corrected chi connectivity index (χ0v) is 19.6. The summed E-state index contributed by atoms with van der Waals surface area (Å²) >= 11 is 0. The SMILES string of the molecule is CCCCCCCCC/C=C\CCCCCCCC(=O)N[C@@H](CCN=C(N)N)C(=O)O. The molecule has 0 spiro atoms. The zero-order chi connectivity index (χ0) is 23.2. The number of rotatable bonds is 21. The van der Waals surface area contributed by atoms with Crippen molar-refractivity contribution >= 4 is 17.8 Å². The average molecular weight is 439 g/mol. The molecule has 0 bridgehead atoms. The van der Waals surface area contributed by atoms with Crippen LogP contribution in [0, 0.1) is 0 Å². The summed E-state index contributed by atoms with van der Waals surface area (Å²) in [5, 5.41) is 11.7. The van der Waals surface area contributed by atoms with Gasteiger partial charge in [-0.05, 0) is 38.5 Å². The number of nitrogens with one attached hydrogen (secondary N) is 1. The lowest BCUT2D eigenvalue weighted by atomic mass is 10.1. The molecule has 0 unspecified atom stereocenters. The molecule has 0 aromatic rings. The number of hydrogen-bond donors (Lipinski definition) is 4. The molecule has 0 saturated heterocycles. The highest BCUT2D eigenvalue weighted by molar-refractivity contribution is 5.83. The summed E-state index contributed by atoms with van der Waals surface area (Å²) in [6.07, 6.45) is 22.2. The summed E-state index contributed by atoms with van der Waals surface area (Å²) in [6.45, 7) is 2.43. The summed E-state index contributed by atoms with van der Waals surface area (Å²) in [6, 6.07) is -0.955. The third-order valence-electron chi connectivity index (χ3n) is 5.26. The summed E-state index contributed by atoms with van der Waals surface area (Å²) in [5.74, 6) is -1.39. The molecule has 0 aromatic carbocycles. The Hall–Kier alpha value is -2.05. The van der Waals surface area contributed by atoms with Crippen LogP contribution in [0.2, 0.25) is 0 Å². The van der Waals surface area contributed by atoms with E-state index in [2.05, 4.69) is 29.4 Å². The number of unbranched alkanes of at least 4 members (excludes halogenated alkanes) is 12. The molecule has 0 heterocycles. The van der Waals surface area contributed by atoms with Crippen LogP contribution in [-0.4, -0.2) is 35.5 Å². The quantitative estimate of drug-likeness (QED) is 0.0896. The van der Waals surface area contributed by atoms with Gasteiger partial charge in [0, 0.05) is 13.0 Å². The molecule has 7 nitrogen and oxygen atoms in total. The van der Waals surface area contributed by atoms with Crippen LogP contribution < -0.4 is 16.8 Å². The van der Waals surface area contributed by atoms with Crippen molar-refractivity contribution in [3.05, 3.63) is 12.2 Å². The largest absolute Gasteiger partial charge is 0.480 e. The number of guanidine groups is 1. The van der Waals surface area contributed by atoms with Gasteiger partial charge in [-0.1, -0.05) is 76.9 Å². The number of carbonyl (C=O) groups excluding carboxylic acids is 1. The Labute approximate surface area is 189 Å². The van der Waals surface area contributed by atoms with Gasteiger partial charge in [0.1, 0.15) is 6.04 Å². The van der Waals surface area contributed by atoms with Crippen molar-refractivity contribution in [1.82, 2.24) is 5.32 Å². The number of carboxylic acid groups (broad SMARTS) is 1. The van der Waals surface area contributed by atoms with Crippen LogP contribution >= 0.6 is 0 Å². The molecule has 0 rings (SSSR count). The molecule has 7 heteroatoms. The van der Waals surface area contributed by atoms with Gasteiger partial charge < -0.3 is 21.9 Å². The second-order valence-electron chi connectivity index (χ2n) is 8.24. The lowest BCUT2D eigenvalue weighted by Crippen LogP contribution is -2.41. The van der Waals surface area contributed by atoms with E-state index in [1.807, 2.05) is 0 Å². The Balaban J connectivity index is 3.57. The van der Waals surface area contributed by atoms with Gasteiger partial charge in [-0.2, -0.15) is 0 Å². The van der Waals surface area contributed by atoms with E-state index >= 15 is 0 Å². The monoisotopic (exact) mass is 438 g/mol. The van der Waals surface area contributed by atoms with E-state index in [4.69, 9.17) is 16.6 Å². The van der Waals surface area contributed by atoms with E-state index in [-0.39, 0.29) is 24.8 Å². The molecule has 31 heavy (non-hydrogen) atoms. The number of nitrogens with two attached hydrogens (primary N) is 2. The van der Waals surface area contributed by atoms with Crippen molar-refractivity contribution in [1.29, 1.82) is 0 Å². The lowest BCUT2D eigenvalue weighted by molar-refractivity contribution is -0.142. The van der Waals surface area contributed by atoms with Crippen molar-refractivity contribution < 1.29 is 14.7 Å². The van der Waals surface area contributed by atoms with E-state index in [0.717, 1.165) is 25.7 Å². The first-order valence-corrected chi connectivity index (χ1v) is 12.2. The number of carbonyl (C=O) groups is 2. The van der Waals surface area contributed by atoms with E-state index < -0.39 is 12.0 Å². The van der Waals surface area contributed by atoms with Crippen LogP contribution in [0.3, 0.4) is 0 Å². The van der Waals surface area contributed by atoms with Crippen LogP contribution in [0.15, 0.2) is 17.1 Å². The smallest absolute Gasteiger partial charge is 0.326 e. The fourth-order valence-electron chi connectivity index (χ4n) is 3.38. The van der Waals surface area contributed by atoms with Crippen LogP contribution in [0.25, 0.3) is 0 Å². The number of nitrogens with zero attached hydrogens (tertiary/aromatic N) is 1. The first-order valence-electron chi connectivity index (χ1n) is 12.2. The maximum absolute atomic E-state index is 11.9. The molecule has 6 N–H and O–H groups in total. The summed E-state index contributed by atoms with van der Waals surface area (Å²) in [5.41, 5.74) is 10.4. The third-order valence-corrected chi connectivity index (χ3v) is 5.26. The minimum Gasteiger partial charge on any atom is -0.480 e. The van der Waals surface area contributed by atoms with Gasteiger partial charge in [-0.25, -0.2) is 4.79 Å². The first kappa shape index (κ1) is 28.9. The van der Waals surface area contributed by atoms with Crippen molar-refractivity contribution in [3.63, 3.8) is 0 Å². The topological polar surface area (TPSA) is 131 Å². The molecule has 0 aliphatic carbocycles. The molecule has 0 aliphatic heterocycles. The third kappa shape index (κ3) is 21.0. The minimum atomic E-state index is -1.07. The highest BCUT2D eigenvalue weighted by Gasteiger charge is 2.19. The number of carboxylic acids is 1. The zero-order valence-electron chi connectivity index (χ0n) is 19.6. The highest BCUT2D eigenvalue weighted by atomic mass is 16.4. The highest BCUT2D eigenvalue weighted by Crippen LogP contribution is 2.10. The normalized spacial score (nSPS) is 12.0. The van der Waals surface area contributed by atoms with E-state index in [0.29, 0.717) is 6.42 Å². The van der Waals surface area contributed by atoms with E-state index in [1.54, 1.807) is 0 Å². The second kappa shape index (κ2) is 21.2. The first-order chi connectivity index (χ1) is 15.0. The summed E-state index contributed by atoms with van der Waals surface area (Å²) < 4.78 is 0. The number of amides is 1. The van der Waals surface area contributed by atoms with Crippen molar-refractivity contribution in [2.24, 2.45) is 16.5 Å². The van der Waals surface area contributed by atoms with Gasteiger partial charge in [0.25, 0.3) is 0 Å². The Morgan fingerprint density at radius 2 is 1.39 bits per heavy atom. The molecule has 0 radical (unpaired) electrons. The molecular formula is C24H46N4O3. The van der Waals surface area contributed by atoms with Gasteiger partial charge in [0.05, 0.1) is 0 Å². The Morgan fingerprint density at radius 3 is 1.90 bits per heavy atom. The van der Waals surface area contributed by atoms with Gasteiger partial charge in [0.15, 0.2) is 5.96 Å². The predicted octanol–water partition coefficient (Wildman–Crippen LogP) is 4.65. The van der Waals surface area contributed by atoms with Crippen LogP contribution in [0.1, 0.15) is 110 Å². The number of aliphatic imine (C=N–C) groups is 1. The predicted molar refractivity (Wildman–Crippen MR) is 129 cm³/mol. The average Bonchev–Trinajstić information content (AvgIpc) is 2.72. The molecule has 0 aliphatic rings. The lowest BCUT2D eigenvalue weighted by Gasteiger charge is -2.13. The van der Waals surface area contributed by atoms with E-state index in [9.17, 15) is 9.59 Å². The van der Waals surface area contributed by atoms with Gasteiger partial charge in [0.2, 0.25) is 5.91 Å². The number of hydrogen-bond acceptors (Lipinski definition) is 3. The Kier molecular flexibility index (Phi) is 19.8. The molecule has 1 amide bonds. The summed E-state index contributed by atoms with van der Waals surface area (Å²) in [7, 11) is 0. The second-order valence-corrected chi connectivity index (χ2v) is 8.24. The number of allylic oxidation sites excluding steroid dienone is 2. The summed E-state index contributed by atoms with van der Waals surface area (Å²) in [4.78, 5) is 26.9. The van der Waals surface area contributed by atoms with Crippen molar-refractivity contribution in [2.75, 3.05) is 6.54 Å². The van der Waals surface area contributed by atoms with Gasteiger partial charge >= 0.3 is 5.97 Å². The maximum atomic E-state index is 11.9. The molecule has 0 fully saturated rings. The van der Waals surface area contributed by atoms with Crippen molar-refractivity contribution in [3.8, 4) is 0 Å². The molecule has 180 valence electrons. The van der Waals surface area contributed by atoms with Crippen molar-refractivity contribution in [2.45, 2.75) is 116 Å². The maximum Gasteiger partial charge on any atom is 0.326 e. The fraction of sp³-hybridized carbons (Fsp3) is 0.792. The molecular weight excluding hydrogens is 392 g/mol. The molecule has 0 saturated carbocycles. The van der Waals surface area contributed by atoms with Crippen LogP contribution in [0.5, 0.6) is 0 Å². The standard InChI is InChI=1S/C24H46N4O3/c1-2-3-4-5-6-7-8-9-10-11-12-13-14-15-16-17-18-22(29)28-21(23(30)31)19-20-27-24(25)26/h10-11,21H,2-9,12-20H2,1H3,(H,28,29)(H,30,31)(H4,25,26,27)/b11-10-/t21-/m0/s1. The fourth-order valence-corrected chi connectivity index (χ4v) is 3.38. The minimum absolute atomic E-state index is 0.0841. The number of aliphatic carboxylic acids is 1. The molecule has 0 aromatic heterocycles. The van der Waals surface area contributed by atoms with Gasteiger partial charge in [-0.3, -0.25) is 9.79 Å². The van der Waals surface area contributed by atoms with E-state index in [1.165, 1.54) is 64.2 Å².